The zero-order chi connectivity index (χ0) is 47.9. The van der Waals surface area contributed by atoms with Crippen LogP contribution in [0.3, 0.4) is 0 Å². The molecular weight excluding hydrogens is 849 g/mol. The largest absolute Gasteiger partial charge is 0.394 e. The number of ether oxygens (including phenoxy) is 6. The molecule has 0 unspecified atom stereocenters. The van der Waals surface area contributed by atoms with E-state index in [-0.39, 0.29) is 46.5 Å². The molecule has 11 N–H and O–H groups in total. The molecule has 65 heavy (non-hydrogen) atoms. The fraction of sp³-hybridized carbons (Fsp3) is 0.958. The molecule has 376 valence electrons. The van der Waals surface area contributed by atoms with Crippen LogP contribution in [0.15, 0.2) is 11.6 Å². The third-order valence-corrected chi connectivity index (χ3v) is 18.7. The Morgan fingerprint density at radius 3 is 1.89 bits per heavy atom. The van der Waals surface area contributed by atoms with Crippen LogP contribution in [0.5, 0.6) is 0 Å². The van der Waals surface area contributed by atoms with Gasteiger partial charge in [0.2, 0.25) is 0 Å². The Hall–Kier alpha value is -0.940. The van der Waals surface area contributed by atoms with Crippen molar-refractivity contribution in [3.8, 4) is 0 Å². The molecule has 7 fully saturated rings. The summed E-state index contributed by atoms with van der Waals surface area (Å²) < 4.78 is 36.7. The number of allylic oxidation sites excluding steroid dienone is 2. The lowest BCUT2D eigenvalue weighted by Crippen LogP contribution is -2.68. The Kier molecular flexibility index (Phi) is 15.2. The first kappa shape index (κ1) is 51.9. The number of hydrogen-bond acceptors (Lipinski definition) is 17. The third kappa shape index (κ3) is 8.84. The van der Waals surface area contributed by atoms with Gasteiger partial charge in [-0.05, 0) is 131 Å². The van der Waals surface area contributed by atoms with E-state index >= 15 is 0 Å². The van der Waals surface area contributed by atoms with Crippen molar-refractivity contribution in [2.75, 3.05) is 13.2 Å². The first-order valence-corrected chi connectivity index (χ1v) is 24.2. The van der Waals surface area contributed by atoms with Gasteiger partial charge in [-0.3, -0.25) is 0 Å². The number of fused-ring (bicyclic) bond motifs is 5. The van der Waals surface area contributed by atoms with E-state index in [1.807, 2.05) is 13.8 Å². The molecule has 0 radical (unpaired) electrons. The van der Waals surface area contributed by atoms with Crippen molar-refractivity contribution in [1.29, 1.82) is 0 Å². The third-order valence-electron chi connectivity index (χ3n) is 18.7. The van der Waals surface area contributed by atoms with E-state index in [4.69, 9.17) is 28.4 Å². The summed E-state index contributed by atoms with van der Waals surface area (Å²) in [5.74, 6) is 0.612. The molecule has 7 rings (SSSR count). The second-order valence-electron chi connectivity index (χ2n) is 22.9. The highest BCUT2D eigenvalue weighted by Gasteiger charge is 2.71. The quantitative estimate of drug-likeness (QED) is 0.0962. The summed E-state index contributed by atoms with van der Waals surface area (Å²) in [7, 11) is 0. The molecule has 4 aliphatic carbocycles. The number of aliphatic hydroxyl groups is 11. The Morgan fingerprint density at radius 1 is 0.662 bits per heavy atom. The van der Waals surface area contributed by atoms with Gasteiger partial charge < -0.3 is 84.6 Å². The van der Waals surface area contributed by atoms with Crippen molar-refractivity contribution in [1.82, 2.24) is 0 Å². The van der Waals surface area contributed by atoms with Crippen LogP contribution in [0.25, 0.3) is 0 Å². The highest BCUT2D eigenvalue weighted by atomic mass is 16.7. The minimum atomic E-state index is -1.65. The van der Waals surface area contributed by atoms with Gasteiger partial charge in [0.25, 0.3) is 0 Å². The summed E-state index contributed by atoms with van der Waals surface area (Å²) in [6, 6.07) is 0. The van der Waals surface area contributed by atoms with Crippen LogP contribution in [0.4, 0.5) is 0 Å². The fourth-order valence-electron chi connectivity index (χ4n) is 14.9. The van der Waals surface area contributed by atoms with Gasteiger partial charge in [0.1, 0.15) is 67.1 Å². The van der Waals surface area contributed by atoms with Gasteiger partial charge in [-0.1, -0.05) is 46.3 Å². The van der Waals surface area contributed by atoms with Crippen LogP contribution in [0, 0.1) is 45.3 Å². The second kappa shape index (κ2) is 19.0. The van der Waals surface area contributed by atoms with Crippen LogP contribution in [-0.2, 0) is 28.4 Å². The van der Waals surface area contributed by atoms with E-state index in [1.54, 1.807) is 0 Å². The van der Waals surface area contributed by atoms with Crippen LogP contribution < -0.4 is 0 Å². The molecule has 0 spiro atoms. The van der Waals surface area contributed by atoms with Crippen LogP contribution in [-0.4, -0.2) is 179 Å². The molecule has 25 atom stereocenters. The van der Waals surface area contributed by atoms with E-state index in [0.29, 0.717) is 19.3 Å². The highest BCUT2D eigenvalue weighted by molar-refractivity contribution is 5.20. The van der Waals surface area contributed by atoms with Crippen molar-refractivity contribution in [3.05, 3.63) is 11.6 Å². The molecule has 0 aromatic carbocycles. The lowest BCUT2D eigenvalue weighted by molar-refractivity contribution is -0.348. The number of hydrogen-bond donors (Lipinski definition) is 11. The first-order chi connectivity index (χ1) is 30.3. The van der Waals surface area contributed by atoms with Crippen molar-refractivity contribution < 1.29 is 84.6 Å². The van der Waals surface area contributed by atoms with Crippen molar-refractivity contribution >= 4 is 0 Å². The first-order valence-electron chi connectivity index (χ1n) is 24.2. The van der Waals surface area contributed by atoms with E-state index in [0.717, 1.165) is 44.1 Å². The zero-order valence-electron chi connectivity index (χ0n) is 39.8. The Labute approximate surface area is 384 Å². The summed E-state index contributed by atoms with van der Waals surface area (Å²) in [6.45, 7) is 18.1. The molecule has 0 aromatic rings. The van der Waals surface area contributed by atoms with Gasteiger partial charge in [-0.2, -0.15) is 0 Å². The SMILES string of the molecule is CC(C)=CCC[C@](C)(O[C@@H]1O[C@H](CO[C@@H]2O[C@@H](C)[C@H](O)[C@@H](O)[C@H]2O)[C@@H](O)[C@H](O)[C@H]1O)[C@H]1CC[C@]2(C)[C@@H]1CC[C@@H]1[C@]3(C)C[C@H](O)[C@@H](O[C@@H]4O[C@H](CO)[C@@H](O)[C@H](O)[C@H]4O)C(C)(C)[C@H]3CC[C@]12C. The van der Waals surface area contributed by atoms with Crippen molar-refractivity contribution in [2.45, 2.75) is 230 Å². The molecule has 0 amide bonds. The molecule has 17 heteroatoms. The predicted molar refractivity (Wildman–Crippen MR) is 232 cm³/mol. The lowest BCUT2D eigenvalue weighted by Gasteiger charge is -2.70. The fourth-order valence-corrected chi connectivity index (χ4v) is 14.9. The minimum Gasteiger partial charge on any atom is -0.394 e. The van der Waals surface area contributed by atoms with Gasteiger partial charge in [0, 0.05) is 0 Å². The Bertz CT molecular complexity index is 1660. The van der Waals surface area contributed by atoms with E-state index in [9.17, 15) is 56.2 Å². The minimum absolute atomic E-state index is 0.0285. The molecule has 0 bridgehead atoms. The second-order valence-corrected chi connectivity index (χ2v) is 22.9. The van der Waals surface area contributed by atoms with Crippen LogP contribution in [0.1, 0.15) is 120 Å². The topological polar surface area (TPSA) is 278 Å². The summed E-state index contributed by atoms with van der Waals surface area (Å²) in [5.41, 5.74) is -0.843. The van der Waals surface area contributed by atoms with Gasteiger partial charge in [0.15, 0.2) is 18.9 Å². The Balaban J connectivity index is 1.10. The monoisotopic (exact) mass is 931 g/mol. The van der Waals surface area contributed by atoms with Crippen LogP contribution in [0.2, 0.25) is 0 Å². The van der Waals surface area contributed by atoms with E-state index in [1.165, 1.54) is 6.92 Å². The molecule has 3 aliphatic heterocycles. The maximum absolute atomic E-state index is 12.1. The summed E-state index contributed by atoms with van der Waals surface area (Å²) in [5, 5.41) is 118. The maximum atomic E-state index is 12.1. The van der Waals surface area contributed by atoms with Gasteiger partial charge in [-0.15, -0.1) is 0 Å². The van der Waals surface area contributed by atoms with Gasteiger partial charge in [-0.25, -0.2) is 0 Å². The zero-order valence-corrected chi connectivity index (χ0v) is 39.8. The summed E-state index contributed by atoms with van der Waals surface area (Å²) >= 11 is 0. The van der Waals surface area contributed by atoms with Gasteiger partial charge in [0.05, 0.1) is 37.1 Å². The number of rotatable bonds is 12. The average Bonchev–Trinajstić information content (AvgIpc) is 3.61. The summed E-state index contributed by atoms with van der Waals surface area (Å²) in [4.78, 5) is 0. The standard InChI is InChI=1S/C48H82O17/c1-22(2)11-10-16-48(9,65-43-39(59)36(56)33(53)28(63-43)21-60-41-37(57)34(54)31(51)23(3)61-41)25-14-17-46(7)24(25)12-13-30-45(6)19-26(50)40(44(4,5)29(45)15-18-47(30,46)8)64-42-38(58)35(55)32(52)27(20-49)62-42/h11,23-43,49-59H,10,12-21H2,1-9H3/t23-,24+,25-,26-,27+,28+,29+,30+,31-,32+,33+,34+,35-,36-,37+,38+,39+,40+,41+,42-,43-,45+,46+,47+,48-/m0/s1. The molecule has 7 aliphatic rings. The van der Waals surface area contributed by atoms with E-state index < -0.39 is 122 Å². The molecule has 3 heterocycles. The Morgan fingerprint density at radius 2 is 1.25 bits per heavy atom. The molecule has 17 nitrogen and oxygen atoms in total. The average molecular weight is 931 g/mol. The molecular formula is C48H82O17. The van der Waals surface area contributed by atoms with E-state index in [2.05, 4.69) is 47.6 Å². The smallest absolute Gasteiger partial charge is 0.187 e. The number of aliphatic hydroxyl groups excluding tert-OH is 11. The highest BCUT2D eigenvalue weighted by Crippen LogP contribution is 2.76. The maximum Gasteiger partial charge on any atom is 0.187 e. The molecule has 0 aromatic heterocycles. The van der Waals surface area contributed by atoms with Crippen LogP contribution >= 0.6 is 0 Å². The van der Waals surface area contributed by atoms with Gasteiger partial charge >= 0.3 is 0 Å². The molecule has 3 saturated heterocycles. The van der Waals surface area contributed by atoms with Crippen molar-refractivity contribution in [2.24, 2.45) is 45.3 Å². The lowest BCUT2D eigenvalue weighted by atomic mass is 9.35. The summed E-state index contributed by atoms with van der Waals surface area (Å²) in [6.07, 6.45) is -13.5. The normalized spacial score (nSPS) is 53.0. The predicted octanol–water partition coefficient (Wildman–Crippen LogP) is 1.00. The van der Waals surface area contributed by atoms with Crippen molar-refractivity contribution in [3.63, 3.8) is 0 Å². The molecule has 4 saturated carbocycles.